The van der Waals surface area contributed by atoms with Crippen molar-refractivity contribution in [2.75, 3.05) is 6.54 Å². The molecule has 6 heteroatoms. The zero-order chi connectivity index (χ0) is 16.1. The molecular formula is C16H18F2N2O2. The van der Waals surface area contributed by atoms with Gasteiger partial charge in [0.25, 0.3) is 5.92 Å². The Morgan fingerprint density at radius 3 is 2.86 bits per heavy atom. The average Bonchev–Trinajstić information content (AvgIpc) is 2.74. The maximum absolute atomic E-state index is 13.3. The topological polar surface area (TPSA) is 56.3 Å². The van der Waals surface area contributed by atoms with E-state index in [0.717, 1.165) is 29.1 Å². The van der Waals surface area contributed by atoms with Crippen LogP contribution in [0.25, 0.3) is 10.9 Å². The van der Waals surface area contributed by atoms with E-state index >= 15 is 0 Å². The van der Waals surface area contributed by atoms with Crippen LogP contribution in [0, 0.1) is 0 Å². The van der Waals surface area contributed by atoms with Crippen LogP contribution in [0.2, 0.25) is 0 Å². The van der Waals surface area contributed by atoms with Crippen molar-refractivity contribution < 1.29 is 18.7 Å². The molecule has 118 valence electrons. The quantitative estimate of drug-likeness (QED) is 0.915. The highest BCUT2D eigenvalue weighted by molar-refractivity contribution is 5.95. The minimum absolute atomic E-state index is 0.00851. The number of aromatic amines is 1. The van der Waals surface area contributed by atoms with Gasteiger partial charge in [-0.05, 0) is 37.1 Å². The molecule has 0 amide bonds. The van der Waals surface area contributed by atoms with E-state index < -0.39 is 11.9 Å². The summed E-state index contributed by atoms with van der Waals surface area (Å²) in [6.45, 7) is 3.01. The maximum Gasteiger partial charge on any atom is 0.335 e. The summed E-state index contributed by atoms with van der Waals surface area (Å²) in [6, 6.07) is 4.93. The molecule has 1 aromatic carbocycles. The standard InChI is InChI=1S/C16H18F2N2O2/c1-9-5-11-12-6-10(15(21)22)3-4-13(12)19-14(11)7-20(9)8-16(2,17)18/h3-4,6,9,19H,5,7-8H2,1-2H3,(H,21,22). The molecule has 0 fully saturated rings. The molecular weight excluding hydrogens is 290 g/mol. The van der Waals surface area contributed by atoms with Crippen molar-refractivity contribution >= 4 is 16.9 Å². The van der Waals surface area contributed by atoms with Crippen molar-refractivity contribution in [1.29, 1.82) is 0 Å². The van der Waals surface area contributed by atoms with Crippen LogP contribution < -0.4 is 0 Å². The number of nitrogens with zero attached hydrogens (tertiary/aromatic N) is 1. The third kappa shape index (κ3) is 2.70. The summed E-state index contributed by atoms with van der Waals surface area (Å²) in [5.41, 5.74) is 3.04. The Labute approximate surface area is 126 Å². The molecule has 1 atom stereocenters. The largest absolute Gasteiger partial charge is 0.478 e. The number of aromatic nitrogens is 1. The molecule has 0 spiro atoms. The normalized spacial score (nSPS) is 19.4. The number of H-pyrrole nitrogens is 1. The number of aromatic carboxylic acids is 1. The van der Waals surface area contributed by atoms with Crippen LogP contribution in [-0.4, -0.2) is 39.5 Å². The molecule has 1 unspecified atom stereocenters. The van der Waals surface area contributed by atoms with Gasteiger partial charge in [-0.2, -0.15) is 0 Å². The molecule has 2 aromatic rings. The highest BCUT2D eigenvalue weighted by Gasteiger charge is 2.32. The maximum atomic E-state index is 13.3. The van der Waals surface area contributed by atoms with Gasteiger partial charge in [-0.25, -0.2) is 13.6 Å². The first-order valence-corrected chi connectivity index (χ1v) is 7.23. The Kier molecular flexibility index (Phi) is 3.44. The van der Waals surface area contributed by atoms with Crippen LogP contribution in [0.3, 0.4) is 0 Å². The molecule has 0 radical (unpaired) electrons. The number of carboxylic acids is 1. The van der Waals surface area contributed by atoms with Crippen LogP contribution in [0.1, 0.15) is 35.5 Å². The van der Waals surface area contributed by atoms with Gasteiger partial charge in [-0.1, -0.05) is 0 Å². The second-order valence-electron chi connectivity index (χ2n) is 6.18. The van der Waals surface area contributed by atoms with Gasteiger partial charge in [0.05, 0.1) is 12.1 Å². The first kappa shape index (κ1) is 15.0. The molecule has 0 saturated heterocycles. The summed E-state index contributed by atoms with van der Waals surface area (Å²) >= 11 is 0. The molecule has 1 aromatic heterocycles. The van der Waals surface area contributed by atoms with Crippen LogP contribution in [0.4, 0.5) is 8.78 Å². The molecule has 0 aliphatic carbocycles. The Morgan fingerprint density at radius 1 is 1.50 bits per heavy atom. The van der Waals surface area contributed by atoms with Gasteiger partial charge in [0.15, 0.2) is 0 Å². The van der Waals surface area contributed by atoms with E-state index in [2.05, 4.69) is 4.98 Å². The lowest BCUT2D eigenvalue weighted by Gasteiger charge is -2.35. The van der Waals surface area contributed by atoms with E-state index in [4.69, 9.17) is 5.11 Å². The molecule has 4 nitrogen and oxygen atoms in total. The fourth-order valence-corrected chi connectivity index (χ4v) is 3.16. The number of nitrogens with one attached hydrogen (secondary N) is 1. The zero-order valence-corrected chi connectivity index (χ0v) is 12.5. The van der Waals surface area contributed by atoms with Crippen molar-refractivity contribution in [3.05, 3.63) is 35.0 Å². The number of carbonyl (C=O) groups is 1. The van der Waals surface area contributed by atoms with Crippen molar-refractivity contribution in [1.82, 2.24) is 9.88 Å². The summed E-state index contributed by atoms with van der Waals surface area (Å²) in [5.74, 6) is -3.69. The predicted octanol–water partition coefficient (Wildman–Crippen LogP) is 3.27. The lowest BCUT2D eigenvalue weighted by atomic mass is 9.96. The molecule has 0 saturated carbocycles. The fraction of sp³-hybridized carbons (Fsp3) is 0.438. The van der Waals surface area contributed by atoms with E-state index in [1.807, 2.05) is 6.92 Å². The van der Waals surface area contributed by atoms with Crippen molar-refractivity contribution in [2.45, 2.75) is 38.8 Å². The number of benzene rings is 1. The lowest BCUT2D eigenvalue weighted by molar-refractivity contribution is -0.0293. The molecule has 3 rings (SSSR count). The van der Waals surface area contributed by atoms with Gasteiger partial charge < -0.3 is 10.1 Å². The van der Waals surface area contributed by atoms with E-state index in [9.17, 15) is 13.6 Å². The molecule has 0 bridgehead atoms. The van der Waals surface area contributed by atoms with Crippen LogP contribution in [-0.2, 0) is 13.0 Å². The molecule has 1 aliphatic rings. The number of hydrogen-bond donors (Lipinski definition) is 2. The van der Waals surface area contributed by atoms with Gasteiger partial charge >= 0.3 is 5.97 Å². The van der Waals surface area contributed by atoms with E-state index in [1.54, 1.807) is 23.1 Å². The third-order valence-corrected chi connectivity index (χ3v) is 4.21. The Morgan fingerprint density at radius 2 is 2.23 bits per heavy atom. The van der Waals surface area contributed by atoms with Gasteiger partial charge in [-0.15, -0.1) is 0 Å². The Bertz CT molecular complexity index is 734. The SMILES string of the molecule is CC1Cc2c([nH]c3ccc(C(=O)O)cc23)CN1CC(C)(F)F. The molecule has 2 N–H and O–H groups in total. The highest BCUT2D eigenvalue weighted by atomic mass is 19.3. The molecule has 22 heavy (non-hydrogen) atoms. The Hall–Kier alpha value is -1.95. The van der Waals surface area contributed by atoms with E-state index in [1.165, 1.54) is 0 Å². The summed E-state index contributed by atoms with van der Waals surface area (Å²) in [6.07, 6.45) is 0.633. The van der Waals surface area contributed by atoms with E-state index in [0.29, 0.717) is 13.0 Å². The zero-order valence-electron chi connectivity index (χ0n) is 12.5. The second kappa shape index (κ2) is 5.05. The first-order chi connectivity index (χ1) is 10.2. The number of rotatable bonds is 3. The fourth-order valence-electron chi connectivity index (χ4n) is 3.16. The monoisotopic (exact) mass is 308 g/mol. The van der Waals surface area contributed by atoms with Crippen LogP contribution >= 0.6 is 0 Å². The van der Waals surface area contributed by atoms with Gasteiger partial charge in [0.1, 0.15) is 0 Å². The number of hydrogen-bond acceptors (Lipinski definition) is 2. The number of alkyl halides is 2. The summed E-state index contributed by atoms with van der Waals surface area (Å²) in [7, 11) is 0. The average molecular weight is 308 g/mol. The summed E-state index contributed by atoms with van der Waals surface area (Å²) in [5, 5.41) is 9.99. The van der Waals surface area contributed by atoms with Crippen molar-refractivity contribution in [3.63, 3.8) is 0 Å². The summed E-state index contributed by atoms with van der Waals surface area (Å²) < 4.78 is 26.6. The predicted molar refractivity (Wildman–Crippen MR) is 79.5 cm³/mol. The van der Waals surface area contributed by atoms with Crippen molar-refractivity contribution in [3.8, 4) is 0 Å². The smallest absolute Gasteiger partial charge is 0.335 e. The van der Waals surface area contributed by atoms with E-state index in [-0.39, 0.29) is 18.2 Å². The highest BCUT2D eigenvalue weighted by Crippen LogP contribution is 2.32. The summed E-state index contributed by atoms with van der Waals surface area (Å²) in [4.78, 5) is 16.1. The minimum atomic E-state index is -2.73. The third-order valence-electron chi connectivity index (χ3n) is 4.21. The lowest BCUT2D eigenvalue weighted by Crippen LogP contribution is -2.44. The van der Waals surface area contributed by atoms with Gasteiger partial charge in [0, 0.05) is 36.1 Å². The van der Waals surface area contributed by atoms with Crippen LogP contribution in [0.5, 0.6) is 0 Å². The van der Waals surface area contributed by atoms with Crippen LogP contribution in [0.15, 0.2) is 18.2 Å². The van der Waals surface area contributed by atoms with Crippen molar-refractivity contribution in [2.24, 2.45) is 0 Å². The number of carboxylic acid groups (broad SMARTS) is 1. The van der Waals surface area contributed by atoms with Gasteiger partial charge in [-0.3, -0.25) is 4.90 Å². The molecule has 1 aliphatic heterocycles. The second-order valence-corrected chi connectivity index (χ2v) is 6.18. The van der Waals surface area contributed by atoms with Gasteiger partial charge in [0.2, 0.25) is 0 Å². The number of fused-ring (bicyclic) bond motifs is 3. The Balaban J connectivity index is 1.99. The first-order valence-electron chi connectivity index (χ1n) is 7.23. The number of halogens is 2. The molecule has 2 heterocycles. The minimum Gasteiger partial charge on any atom is -0.478 e.